The summed E-state index contributed by atoms with van der Waals surface area (Å²) in [6.45, 7) is 7.29. The molecule has 1 saturated heterocycles. The van der Waals surface area contributed by atoms with E-state index in [9.17, 15) is 14.4 Å². The normalized spacial score (nSPS) is 40.9. The molecule has 1 spiro atoms. The van der Waals surface area contributed by atoms with Gasteiger partial charge in [-0.25, -0.2) is 4.79 Å². The lowest BCUT2D eigenvalue weighted by atomic mass is 9.77. The molecule has 2 fully saturated rings. The molecule has 3 aliphatic rings. The molecule has 0 aromatic heterocycles. The van der Waals surface area contributed by atoms with Crippen LogP contribution in [0.2, 0.25) is 0 Å². The number of carbonyl (C=O) groups is 3. The van der Waals surface area contributed by atoms with Crippen molar-refractivity contribution in [2.24, 2.45) is 35.0 Å². The monoisotopic (exact) mass is 291 g/mol. The number of imide groups is 1. The third-order valence-corrected chi connectivity index (χ3v) is 5.37. The predicted octanol–water partition coefficient (Wildman–Crippen LogP) is 1.93. The van der Waals surface area contributed by atoms with E-state index in [-0.39, 0.29) is 35.0 Å². The Balaban J connectivity index is 1.94. The minimum absolute atomic E-state index is 0.0664. The minimum atomic E-state index is -0.552. The van der Waals surface area contributed by atoms with Gasteiger partial charge in [-0.2, -0.15) is 0 Å². The minimum Gasteiger partial charge on any atom is -0.330 e. The standard InChI is InChI=1S/C16H21NO4/c1-8(2)15(20)21-17-13(18)10(4)11-5-6-12(14(17)19)16(11)7-9(16)3/h5-6,8-12H,7H2,1-4H3. The van der Waals surface area contributed by atoms with Crippen molar-refractivity contribution in [3.8, 4) is 0 Å². The third-order valence-electron chi connectivity index (χ3n) is 5.37. The van der Waals surface area contributed by atoms with E-state index in [0.29, 0.717) is 5.92 Å². The molecule has 0 radical (unpaired) electrons. The smallest absolute Gasteiger partial charge is 0.330 e. The van der Waals surface area contributed by atoms with Crippen LogP contribution in [0, 0.1) is 35.0 Å². The maximum absolute atomic E-state index is 12.7. The van der Waals surface area contributed by atoms with Crippen molar-refractivity contribution in [3.05, 3.63) is 12.2 Å². The highest BCUT2D eigenvalue weighted by Gasteiger charge is 2.68. The Hall–Kier alpha value is -1.65. The van der Waals surface area contributed by atoms with Crippen LogP contribution in [0.3, 0.4) is 0 Å². The molecule has 114 valence electrons. The summed E-state index contributed by atoms with van der Waals surface area (Å²) in [5.74, 6) is -1.92. The van der Waals surface area contributed by atoms with E-state index < -0.39 is 11.9 Å². The molecule has 5 heteroatoms. The molecule has 21 heavy (non-hydrogen) atoms. The molecule has 1 saturated carbocycles. The summed E-state index contributed by atoms with van der Waals surface area (Å²) in [5.41, 5.74) is -0.134. The van der Waals surface area contributed by atoms with Gasteiger partial charge in [0.15, 0.2) is 0 Å². The molecule has 2 amide bonds. The van der Waals surface area contributed by atoms with Crippen LogP contribution in [0.15, 0.2) is 12.2 Å². The summed E-state index contributed by atoms with van der Waals surface area (Å²) in [7, 11) is 0. The zero-order valence-electron chi connectivity index (χ0n) is 12.8. The van der Waals surface area contributed by atoms with Crippen LogP contribution in [-0.4, -0.2) is 22.8 Å². The Kier molecular flexibility index (Phi) is 3.01. The van der Waals surface area contributed by atoms with E-state index in [1.165, 1.54) is 0 Å². The first kappa shape index (κ1) is 14.3. The largest absolute Gasteiger partial charge is 0.335 e. The van der Waals surface area contributed by atoms with Crippen molar-refractivity contribution in [2.45, 2.75) is 34.1 Å². The van der Waals surface area contributed by atoms with Crippen molar-refractivity contribution >= 4 is 17.8 Å². The molecule has 0 N–H and O–H groups in total. The van der Waals surface area contributed by atoms with Crippen LogP contribution in [0.5, 0.6) is 0 Å². The highest BCUT2D eigenvalue weighted by atomic mass is 16.7. The fraction of sp³-hybridized carbons (Fsp3) is 0.688. The van der Waals surface area contributed by atoms with E-state index in [4.69, 9.17) is 4.84 Å². The van der Waals surface area contributed by atoms with E-state index >= 15 is 0 Å². The zero-order valence-corrected chi connectivity index (χ0v) is 12.8. The van der Waals surface area contributed by atoms with Gasteiger partial charge in [-0.15, -0.1) is 5.06 Å². The van der Waals surface area contributed by atoms with Gasteiger partial charge < -0.3 is 4.84 Å². The molecule has 1 heterocycles. The van der Waals surface area contributed by atoms with E-state index in [2.05, 4.69) is 6.92 Å². The number of rotatable bonds is 2. The first-order valence-corrected chi connectivity index (χ1v) is 7.58. The fourth-order valence-corrected chi connectivity index (χ4v) is 3.97. The molecular weight excluding hydrogens is 270 g/mol. The van der Waals surface area contributed by atoms with Gasteiger partial charge in [0.1, 0.15) is 0 Å². The van der Waals surface area contributed by atoms with E-state index in [0.717, 1.165) is 11.5 Å². The second-order valence-corrected chi connectivity index (χ2v) is 6.93. The van der Waals surface area contributed by atoms with Gasteiger partial charge in [0.25, 0.3) is 11.8 Å². The number of hydroxylamine groups is 2. The van der Waals surface area contributed by atoms with Gasteiger partial charge in [0, 0.05) is 5.92 Å². The summed E-state index contributed by atoms with van der Waals surface area (Å²) >= 11 is 0. The molecule has 5 nitrogen and oxygen atoms in total. The number of nitrogens with zero attached hydrogens (tertiary/aromatic N) is 1. The molecule has 0 aromatic rings. The second kappa shape index (κ2) is 4.42. The lowest BCUT2D eigenvalue weighted by Crippen LogP contribution is -2.43. The van der Waals surface area contributed by atoms with Crippen molar-refractivity contribution in [2.75, 3.05) is 0 Å². The zero-order chi connectivity index (χ0) is 15.5. The van der Waals surface area contributed by atoms with Crippen LogP contribution in [0.4, 0.5) is 0 Å². The van der Waals surface area contributed by atoms with Crippen LogP contribution < -0.4 is 0 Å². The molecule has 1 aliphatic heterocycles. The van der Waals surface area contributed by atoms with Gasteiger partial charge in [-0.3, -0.25) is 9.59 Å². The number of hydrogen-bond acceptors (Lipinski definition) is 4. The SMILES string of the molecule is CC(C)C(=O)ON1C(=O)C(C)C2C=CC(C1=O)C21CC1C. The third kappa shape index (κ3) is 1.79. The Morgan fingerprint density at radius 2 is 1.90 bits per heavy atom. The number of amides is 2. The Morgan fingerprint density at radius 1 is 1.29 bits per heavy atom. The van der Waals surface area contributed by atoms with Crippen molar-refractivity contribution in [1.82, 2.24) is 5.06 Å². The van der Waals surface area contributed by atoms with E-state index in [1.54, 1.807) is 13.8 Å². The summed E-state index contributed by atoms with van der Waals surface area (Å²) in [5, 5.41) is 0.730. The molecule has 2 bridgehead atoms. The molecule has 3 rings (SSSR count). The van der Waals surface area contributed by atoms with Gasteiger partial charge in [-0.05, 0) is 23.7 Å². The summed E-state index contributed by atoms with van der Waals surface area (Å²) in [4.78, 5) is 42.1. The maximum atomic E-state index is 12.7. The molecular formula is C16H21NO4. The summed E-state index contributed by atoms with van der Waals surface area (Å²) in [6, 6.07) is 0. The lowest BCUT2D eigenvalue weighted by molar-refractivity contribution is -0.207. The van der Waals surface area contributed by atoms with E-state index in [1.807, 2.05) is 19.1 Å². The number of hydrogen-bond donors (Lipinski definition) is 0. The quantitative estimate of drug-likeness (QED) is 0.576. The molecule has 5 unspecified atom stereocenters. The van der Waals surface area contributed by atoms with Gasteiger partial charge in [0.2, 0.25) is 0 Å². The average Bonchev–Trinajstić information content (AvgIpc) is 2.94. The first-order valence-electron chi connectivity index (χ1n) is 7.58. The van der Waals surface area contributed by atoms with Crippen LogP contribution in [0.1, 0.15) is 34.1 Å². The predicted molar refractivity (Wildman–Crippen MR) is 74.3 cm³/mol. The maximum Gasteiger partial charge on any atom is 0.335 e. The van der Waals surface area contributed by atoms with Crippen molar-refractivity contribution in [3.63, 3.8) is 0 Å². The molecule has 0 aromatic carbocycles. The fourth-order valence-electron chi connectivity index (χ4n) is 3.97. The van der Waals surface area contributed by atoms with Crippen molar-refractivity contribution in [1.29, 1.82) is 0 Å². The van der Waals surface area contributed by atoms with Gasteiger partial charge >= 0.3 is 5.97 Å². The molecule has 2 aliphatic carbocycles. The number of allylic oxidation sites excluding steroid dienone is 1. The number of carbonyl (C=O) groups excluding carboxylic acids is 3. The Morgan fingerprint density at radius 3 is 2.43 bits per heavy atom. The highest BCUT2D eigenvalue weighted by Crippen LogP contribution is 2.68. The first-order chi connectivity index (χ1) is 9.80. The topological polar surface area (TPSA) is 63.7 Å². The van der Waals surface area contributed by atoms with Crippen LogP contribution in [-0.2, 0) is 19.2 Å². The summed E-state index contributed by atoms with van der Waals surface area (Å²) < 4.78 is 0. The Labute approximate surface area is 124 Å². The highest BCUT2D eigenvalue weighted by molar-refractivity contribution is 6.00. The summed E-state index contributed by atoms with van der Waals surface area (Å²) in [6.07, 6.45) is 4.86. The second-order valence-electron chi connectivity index (χ2n) is 6.93. The average molecular weight is 291 g/mol. The van der Waals surface area contributed by atoms with Gasteiger partial charge in [-0.1, -0.05) is 39.8 Å². The van der Waals surface area contributed by atoms with Crippen LogP contribution in [0.25, 0.3) is 0 Å². The van der Waals surface area contributed by atoms with Crippen molar-refractivity contribution < 1.29 is 19.2 Å². The Bertz CT molecular complexity index is 552. The molecule has 5 atom stereocenters. The lowest BCUT2D eigenvalue weighted by Gasteiger charge is -2.23. The van der Waals surface area contributed by atoms with Crippen LogP contribution >= 0.6 is 0 Å². The van der Waals surface area contributed by atoms with Gasteiger partial charge in [0.05, 0.1) is 11.8 Å².